The molecule has 5 atom stereocenters. The molecule has 3 aliphatic heterocycles. The van der Waals surface area contributed by atoms with Gasteiger partial charge in [0.25, 0.3) is 0 Å². The van der Waals surface area contributed by atoms with Gasteiger partial charge in [-0.2, -0.15) is 0 Å². The highest BCUT2D eigenvalue weighted by Gasteiger charge is 2.49. The first kappa shape index (κ1) is 34.9. The van der Waals surface area contributed by atoms with Crippen molar-refractivity contribution in [2.45, 2.75) is 116 Å². The molecular formula is C33H49BFN5O7. The predicted molar refractivity (Wildman–Crippen MR) is 172 cm³/mol. The van der Waals surface area contributed by atoms with Gasteiger partial charge in [0.1, 0.15) is 24.0 Å². The molecule has 14 heteroatoms. The third kappa shape index (κ3) is 8.20. The summed E-state index contributed by atoms with van der Waals surface area (Å²) in [6.45, 7) is 10.0. The molecule has 0 radical (unpaired) electrons. The lowest BCUT2D eigenvalue weighted by Gasteiger charge is -2.35. The van der Waals surface area contributed by atoms with Crippen molar-refractivity contribution in [2.75, 3.05) is 13.2 Å². The van der Waals surface area contributed by atoms with Crippen LogP contribution in [0.3, 0.4) is 0 Å². The van der Waals surface area contributed by atoms with E-state index < -0.39 is 60.7 Å². The summed E-state index contributed by atoms with van der Waals surface area (Å²) in [4.78, 5) is 57.6. The Morgan fingerprint density at radius 2 is 1.83 bits per heavy atom. The number of halogens is 1. The smallest absolute Gasteiger partial charge is 0.444 e. The van der Waals surface area contributed by atoms with Crippen LogP contribution in [0.1, 0.15) is 84.3 Å². The molecule has 0 bridgehead atoms. The van der Waals surface area contributed by atoms with Crippen LogP contribution < -0.4 is 16.0 Å². The van der Waals surface area contributed by atoms with Gasteiger partial charge >= 0.3 is 19.2 Å². The lowest BCUT2D eigenvalue weighted by molar-refractivity contribution is -0.141. The molecule has 4 N–H and O–H groups in total. The Bertz CT molecular complexity index is 1340. The van der Waals surface area contributed by atoms with E-state index in [1.807, 2.05) is 34.6 Å². The molecule has 12 nitrogen and oxygen atoms in total. The first-order valence-corrected chi connectivity index (χ1v) is 16.9. The molecule has 258 valence electrons. The second-order valence-electron chi connectivity index (χ2n) is 14.9. The van der Waals surface area contributed by atoms with E-state index >= 15 is 0 Å². The number of hydrogen-bond acceptors (Lipinski definition) is 7. The maximum absolute atomic E-state index is 14.4. The summed E-state index contributed by atoms with van der Waals surface area (Å²) < 4.78 is 25.7. The van der Waals surface area contributed by atoms with Crippen LogP contribution in [0.2, 0.25) is 0 Å². The zero-order valence-electron chi connectivity index (χ0n) is 28.1. The van der Waals surface area contributed by atoms with Gasteiger partial charge < -0.3 is 35.3 Å². The van der Waals surface area contributed by atoms with Crippen LogP contribution in [-0.4, -0.2) is 88.7 Å². The summed E-state index contributed by atoms with van der Waals surface area (Å²) in [5.74, 6) is -2.12. The molecule has 1 aromatic rings. The summed E-state index contributed by atoms with van der Waals surface area (Å²) in [7, 11) is -1.19. The van der Waals surface area contributed by atoms with Crippen LogP contribution in [0.25, 0.3) is 0 Å². The molecule has 4 aliphatic rings. The average Bonchev–Trinajstić information content (AvgIpc) is 3.73. The Hall–Kier alpha value is -3.39. The lowest BCUT2D eigenvalue weighted by Crippen LogP contribution is -2.60. The predicted octanol–water partition coefficient (Wildman–Crippen LogP) is 3.10. The van der Waals surface area contributed by atoms with Crippen molar-refractivity contribution < 1.29 is 38.0 Å². The van der Waals surface area contributed by atoms with Gasteiger partial charge in [-0.1, -0.05) is 45.2 Å². The minimum atomic E-state index is -1.19. The van der Waals surface area contributed by atoms with Crippen molar-refractivity contribution in [3.05, 3.63) is 35.1 Å². The van der Waals surface area contributed by atoms with E-state index in [4.69, 9.17) is 9.39 Å². The monoisotopic (exact) mass is 657 g/mol. The van der Waals surface area contributed by atoms with Crippen LogP contribution >= 0.6 is 0 Å². The number of nitrogens with one attached hydrogen (secondary N) is 3. The number of carbonyl (C=O) groups excluding carboxylic acids is 4. The highest BCUT2D eigenvalue weighted by atomic mass is 19.1. The minimum Gasteiger partial charge on any atom is -0.444 e. The van der Waals surface area contributed by atoms with Crippen molar-refractivity contribution in [1.29, 1.82) is 0 Å². The fourth-order valence-electron chi connectivity index (χ4n) is 7.32. The number of benzene rings is 1. The molecule has 0 aromatic heterocycles. The molecule has 2 saturated heterocycles. The van der Waals surface area contributed by atoms with Crippen LogP contribution in [0.15, 0.2) is 18.2 Å². The van der Waals surface area contributed by atoms with Crippen molar-refractivity contribution >= 4 is 31.1 Å². The fourth-order valence-corrected chi connectivity index (χ4v) is 7.32. The number of fused-ring (bicyclic) bond motifs is 1. The first-order chi connectivity index (χ1) is 22.2. The molecule has 3 heterocycles. The van der Waals surface area contributed by atoms with E-state index in [1.54, 1.807) is 12.1 Å². The number of amides is 5. The second kappa shape index (κ2) is 14.4. The number of likely N-dealkylation sites (tertiary alicyclic amines) is 1. The van der Waals surface area contributed by atoms with E-state index in [9.17, 15) is 28.6 Å². The molecule has 3 fully saturated rings. The average molecular weight is 658 g/mol. The van der Waals surface area contributed by atoms with E-state index in [0.717, 1.165) is 32.1 Å². The Labute approximate surface area is 276 Å². The first-order valence-electron chi connectivity index (χ1n) is 16.9. The molecule has 47 heavy (non-hydrogen) atoms. The van der Waals surface area contributed by atoms with Crippen LogP contribution in [0, 0.1) is 23.6 Å². The third-order valence-electron chi connectivity index (χ3n) is 9.86. The number of hydrogen-bond donors (Lipinski definition) is 4. The van der Waals surface area contributed by atoms with Crippen molar-refractivity contribution in [2.24, 2.45) is 17.8 Å². The van der Waals surface area contributed by atoms with Crippen LogP contribution in [0.4, 0.5) is 14.0 Å². The fraction of sp³-hybridized carbons (Fsp3) is 0.697. The third-order valence-corrected chi connectivity index (χ3v) is 9.86. The molecule has 5 amide bonds. The van der Waals surface area contributed by atoms with Gasteiger partial charge in [-0.25, -0.2) is 14.0 Å². The van der Waals surface area contributed by atoms with Gasteiger partial charge in [-0.05, 0) is 57.1 Å². The number of nitrogens with zero attached hydrogens (tertiary/aromatic N) is 2. The van der Waals surface area contributed by atoms with Gasteiger partial charge in [0.2, 0.25) is 11.8 Å². The minimum absolute atomic E-state index is 0.0278. The number of ether oxygens (including phenoxy) is 1. The van der Waals surface area contributed by atoms with Crippen molar-refractivity contribution in [3.63, 3.8) is 0 Å². The van der Waals surface area contributed by atoms with Gasteiger partial charge in [-0.15, -0.1) is 0 Å². The zero-order valence-corrected chi connectivity index (χ0v) is 28.1. The van der Waals surface area contributed by atoms with E-state index in [0.29, 0.717) is 11.1 Å². The highest BCUT2D eigenvalue weighted by molar-refractivity contribution is 6.46. The van der Waals surface area contributed by atoms with Crippen LogP contribution in [-0.2, 0) is 32.1 Å². The standard InChI is InChI=1S/C33H49BFN5O7/c1-19(2)24-18-46-34(45)28(24)37-29(41)26-14-22(47-32(44)39-15-21-12-9-13-25(35)23(21)17-39)16-40(26)30(42)27(20-10-7-6-8-11-20)36-31(43)38-33(3,4)5/h9,12-13,19-20,22,24,26-28,45H,6-8,10-11,14-18H2,1-5H3,(H,37,41)(H2,36,38,43)/t22?,24?,26?,27-,28?/m0/s1. The number of urea groups is 1. The molecule has 1 saturated carbocycles. The quantitative estimate of drug-likeness (QED) is 0.330. The normalized spacial score (nSPS) is 25.5. The molecule has 1 aromatic carbocycles. The van der Waals surface area contributed by atoms with E-state index in [1.165, 1.54) is 15.9 Å². The van der Waals surface area contributed by atoms with Gasteiger partial charge in [0, 0.05) is 36.6 Å². The zero-order chi connectivity index (χ0) is 34.0. The SMILES string of the molecule is CC(C)C1COB(O)C1NC(=O)C1CC(OC(=O)N2Cc3cccc(F)c3C2)CN1C(=O)[C@@H](NC(=O)NC(C)(C)C)C1CCCCC1. The highest BCUT2D eigenvalue weighted by Crippen LogP contribution is 2.32. The van der Waals surface area contributed by atoms with E-state index in [2.05, 4.69) is 16.0 Å². The molecular weight excluding hydrogens is 608 g/mol. The molecule has 0 spiro atoms. The van der Waals surface area contributed by atoms with Gasteiger partial charge in [-0.3, -0.25) is 14.5 Å². The Morgan fingerprint density at radius 1 is 1.11 bits per heavy atom. The largest absolute Gasteiger partial charge is 0.478 e. The van der Waals surface area contributed by atoms with Crippen molar-refractivity contribution in [3.8, 4) is 0 Å². The van der Waals surface area contributed by atoms with Crippen molar-refractivity contribution in [1.82, 2.24) is 25.8 Å². The Balaban J connectivity index is 1.36. The Morgan fingerprint density at radius 3 is 2.49 bits per heavy atom. The number of rotatable bonds is 7. The molecule has 1 aliphatic carbocycles. The number of carbonyl (C=O) groups is 4. The summed E-state index contributed by atoms with van der Waals surface area (Å²) in [6.07, 6.45) is 2.95. The summed E-state index contributed by atoms with van der Waals surface area (Å²) in [5, 5.41) is 19.2. The summed E-state index contributed by atoms with van der Waals surface area (Å²) in [6, 6.07) is 2.33. The topological polar surface area (TPSA) is 150 Å². The maximum Gasteiger partial charge on any atom is 0.478 e. The van der Waals surface area contributed by atoms with E-state index in [-0.39, 0.29) is 56.2 Å². The molecule has 5 rings (SSSR count). The summed E-state index contributed by atoms with van der Waals surface area (Å²) in [5.41, 5.74) is 0.612. The van der Waals surface area contributed by atoms with Gasteiger partial charge in [0.15, 0.2) is 0 Å². The van der Waals surface area contributed by atoms with Gasteiger partial charge in [0.05, 0.1) is 19.0 Å². The lowest BCUT2D eigenvalue weighted by atomic mass is 9.71. The summed E-state index contributed by atoms with van der Waals surface area (Å²) >= 11 is 0. The maximum atomic E-state index is 14.4. The molecule has 4 unspecified atom stereocenters. The Kier molecular flexibility index (Phi) is 10.7. The second-order valence-corrected chi connectivity index (χ2v) is 14.9. The van der Waals surface area contributed by atoms with Crippen LogP contribution in [0.5, 0.6) is 0 Å².